The highest BCUT2D eigenvalue weighted by Gasteiger charge is 2.38. The van der Waals surface area contributed by atoms with Crippen LogP contribution in [0.5, 0.6) is 5.75 Å². The number of hydrogen-bond acceptors (Lipinski definition) is 11. The molecule has 1 aliphatic heterocycles. The van der Waals surface area contributed by atoms with Crippen LogP contribution in [0.25, 0.3) is 0 Å². The third-order valence-electron chi connectivity index (χ3n) is 11.4. The third kappa shape index (κ3) is 14.3. The Bertz CT molecular complexity index is 1760. The number of nitrogens with one attached hydrogen (secondary N) is 2. The fourth-order valence-electron chi connectivity index (χ4n) is 7.54. The predicted molar refractivity (Wildman–Crippen MR) is 231 cm³/mol. The number of benzene rings is 1. The molecule has 0 radical (unpaired) electrons. The molecule has 1 aromatic carbocycles. The number of aromatic hydroxyl groups is 1. The minimum Gasteiger partial charge on any atom is -0.506 e. The van der Waals surface area contributed by atoms with Gasteiger partial charge in [-0.05, 0) is 90.1 Å². The number of carbonyl (C=O) groups excluding carboxylic acids is 4. The number of esters is 1. The number of anilines is 1. The van der Waals surface area contributed by atoms with Crippen molar-refractivity contribution >= 4 is 46.7 Å². The lowest BCUT2D eigenvalue weighted by Crippen LogP contribution is -2.58. The summed E-state index contributed by atoms with van der Waals surface area (Å²) in [4.78, 5) is 75.5. The maximum absolute atomic E-state index is 14.8. The standard InChI is InChI=1S/C44H68N6O8S/c1-10-12-13-15-21-50(42(55)38(28(5)11-2)48-40(54)34-17-14-16-20-49(34)9)35(27(3)4)24-37(58-29(6)51)41-47-33(26-59-41)39(53)46-31(25-44(7,8)43(56)57)22-30-18-19-36(52)32(45)23-30/h18-19,23,26,28,31,34-35,37-38,52H,3,10-17,20-22,24-25,45H2,1-2,4-9H3,(H,46,53)(H,48,54)(H,56,57)/t28-,31?,34+,35+,37+,38-/m0/s1. The Morgan fingerprint density at radius 2 is 1.83 bits per heavy atom. The number of aromatic nitrogens is 1. The summed E-state index contributed by atoms with van der Waals surface area (Å²) < 4.78 is 5.87. The molecule has 2 aromatic rings. The summed E-state index contributed by atoms with van der Waals surface area (Å²) in [5.41, 5.74) is 6.30. The summed E-state index contributed by atoms with van der Waals surface area (Å²) in [6.07, 6.45) is 6.49. The molecule has 2 heterocycles. The van der Waals surface area contributed by atoms with E-state index < -0.39 is 47.5 Å². The number of phenolic OH excluding ortho intramolecular Hbond substituents is 1. The number of ether oxygens (including phenoxy) is 1. The molecule has 0 saturated carbocycles. The second-order valence-electron chi connectivity index (χ2n) is 16.9. The van der Waals surface area contributed by atoms with Crippen LogP contribution in [0.15, 0.2) is 35.7 Å². The van der Waals surface area contributed by atoms with E-state index in [2.05, 4.69) is 29.1 Å². The Morgan fingerprint density at radius 3 is 2.42 bits per heavy atom. The van der Waals surface area contributed by atoms with E-state index in [-0.39, 0.29) is 60.2 Å². The lowest BCUT2D eigenvalue weighted by molar-refractivity contribution is -0.149. The number of carboxylic acids is 1. The number of nitrogen functional groups attached to an aromatic ring is 1. The van der Waals surface area contributed by atoms with Crippen LogP contribution in [0.4, 0.5) is 5.69 Å². The first kappa shape index (κ1) is 48.9. The molecule has 1 aromatic heterocycles. The van der Waals surface area contributed by atoms with Gasteiger partial charge in [0.15, 0.2) is 6.10 Å². The van der Waals surface area contributed by atoms with E-state index in [1.54, 1.807) is 36.3 Å². The van der Waals surface area contributed by atoms with Crippen molar-refractivity contribution in [3.05, 3.63) is 52.0 Å². The molecule has 3 amide bonds. The van der Waals surface area contributed by atoms with Crippen LogP contribution in [-0.4, -0.2) is 99.0 Å². The summed E-state index contributed by atoms with van der Waals surface area (Å²) in [5, 5.41) is 27.8. The largest absolute Gasteiger partial charge is 0.506 e. The van der Waals surface area contributed by atoms with E-state index in [4.69, 9.17) is 10.5 Å². The molecule has 1 aliphatic rings. The predicted octanol–water partition coefficient (Wildman–Crippen LogP) is 6.64. The average Bonchev–Trinajstić information content (AvgIpc) is 3.67. The van der Waals surface area contributed by atoms with Gasteiger partial charge in [-0.25, -0.2) is 4.98 Å². The number of piperidine rings is 1. The van der Waals surface area contributed by atoms with E-state index in [9.17, 15) is 34.2 Å². The van der Waals surface area contributed by atoms with Crippen LogP contribution >= 0.6 is 11.3 Å². The maximum atomic E-state index is 14.8. The van der Waals surface area contributed by atoms with Gasteiger partial charge in [0.2, 0.25) is 11.8 Å². The van der Waals surface area contributed by atoms with Gasteiger partial charge in [0.1, 0.15) is 22.5 Å². The number of amides is 3. The summed E-state index contributed by atoms with van der Waals surface area (Å²) >= 11 is 1.14. The van der Waals surface area contributed by atoms with E-state index in [1.165, 1.54) is 13.0 Å². The van der Waals surface area contributed by atoms with Gasteiger partial charge in [-0.3, -0.25) is 28.9 Å². The first-order valence-electron chi connectivity index (χ1n) is 21.0. The van der Waals surface area contributed by atoms with Crippen molar-refractivity contribution in [2.75, 3.05) is 25.9 Å². The van der Waals surface area contributed by atoms with Gasteiger partial charge in [-0.1, -0.05) is 71.1 Å². The molecule has 6 N–H and O–H groups in total. The summed E-state index contributed by atoms with van der Waals surface area (Å²) in [6.45, 7) is 17.9. The average molecular weight is 841 g/mol. The second-order valence-corrected chi connectivity index (χ2v) is 17.8. The molecule has 14 nitrogen and oxygen atoms in total. The van der Waals surface area contributed by atoms with Gasteiger partial charge in [0.25, 0.3) is 5.91 Å². The maximum Gasteiger partial charge on any atom is 0.309 e. The smallest absolute Gasteiger partial charge is 0.309 e. The monoisotopic (exact) mass is 840 g/mol. The molecule has 1 saturated heterocycles. The molecule has 59 heavy (non-hydrogen) atoms. The zero-order valence-corrected chi connectivity index (χ0v) is 37.2. The van der Waals surface area contributed by atoms with Crippen molar-refractivity contribution in [1.29, 1.82) is 0 Å². The van der Waals surface area contributed by atoms with E-state index in [1.807, 2.05) is 32.7 Å². The Hall–Kier alpha value is -4.50. The Morgan fingerprint density at radius 1 is 1.12 bits per heavy atom. The van der Waals surface area contributed by atoms with Crippen molar-refractivity contribution in [3.63, 3.8) is 0 Å². The normalized spacial score (nSPS) is 17.2. The van der Waals surface area contributed by atoms with Crippen molar-refractivity contribution < 1.29 is 38.9 Å². The van der Waals surface area contributed by atoms with Gasteiger partial charge in [-0.15, -0.1) is 11.3 Å². The van der Waals surface area contributed by atoms with Gasteiger partial charge in [0.05, 0.1) is 23.2 Å². The molecule has 328 valence electrons. The highest BCUT2D eigenvalue weighted by molar-refractivity contribution is 7.09. The zero-order valence-electron chi connectivity index (χ0n) is 36.3. The van der Waals surface area contributed by atoms with Gasteiger partial charge in [0, 0.05) is 31.3 Å². The molecule has 15 heteroatoms. The number of likely N-dealkylation sites (N-methyl/N-ethyl adjacent to an activating group) is 1. The first-order valence-corrected chi connectivity index (χ1v) is 21.9. The minimum atomic E-state index is -1.19. The molecule has 3 rings (SSSR count). The molecule has 0 aliphatic carbocycles. The lowest BCUT2D eigenvalue weighted by atomic mass is 9.84. The van der Waals surface area contributed by atoms with Crippen molar-refractivity contribution in [3.8, 4) is 5.75 Å². The highest BCUT2D eigenvalue weighted by atomic mass is 32.1. The van der Waals surface area contributed by atoms with Crippen LogP contribution in [0.1, 0.15) is 140 Å². The van der Waals surface area contributed by atoms with Gasteiger partial charge in [-0.2, -0.15) is 0 Å². The van der Waals surface area contributed by atoms with Crippen LogP contribution in [-0.2, 0) is 30.3 Å². The quantitative estimate of drug-likeness (QED) is 0.0264. The second kappa shape index (κ2) is 22.8. The SMILES string of the molecule is C=C(C)[C@@H](C[C@@H](OC(C)=O)c1nc(C(=O)NC(Cc2ccc(O)c(N)c2)CC(C)(C)C(=O)O)cs1)N(CCCCCC)C(=O)[C@@H](NC(=O)[C@H]1CCCCN1C)[C@@H](C)CC. The summed E-state index contributed by atoms with van der Waals surface area (Å²) in [7, 11) is 1.94. The Labute approximate surface area is 354 Å². The summed E-state index contributed by atoms with van der Waals surface area (Å²) in [5.74, 6) is -2.76. The van der Waals surface area contributed by atoms with Gasteiger partial charge >= 0.3 is 11.9 Å². The number of phenols is 1. The van der Waals surface area contributed by atoms with Crippen molar-refractivity contribution in [2.45, 2.75) is 149 Å². The van der Waals surface area contributed by atoms with Crippen molar-refractivity contribution in [1.82, 2.24) is 25.4 Å². The molecule has 6 atom stereocenters. The van der Waals surface area contributed by atoms with Crippen LogP contribution in [0, 0.1) is 11.3 Å². The zero-order chi connectivity index (χ0) is 44.0. The molecular weight excluding hydrogens is 773 g/mol. The Balaban J connectivity index is 1.95. The van der Waals surface area contributed by atoms with Gasteiger partial charge < -0.3 is 36.2 Å². The molecule has 1 fully saturated rings. The fraction of sp³-hybridized carbons (Fsp3) is 0.636. The molecule has 1 unspecified atom stereocenters. The first-order chi connectivity index (χ1) is 27.8. The van der Waals surface area contributed by atoms with Crippen LogP contribution in [0.2, 0.25) is 0 Å². The number of carboxylic acid groups (broad SMARTS) is 1. The molecule has 0 bridgehead atoms. The number of nitrogens with zero attached hydrogens (tertiary/aromatic N) is 3. The van der Waals surface area contributed by atoms with E-state index >= 15 is 0 Å². The highest BCUT2D eigenvalue weighted by Crippen LogP contribution is 2.32. The number of hydrogen-bond donors (Lipinski definition) is 5. The minimum absolute atomic E-state index is 0.0529. The van der Waals surface area contributed by atoms with Crippen molar-refractivity contribution in [2.24, 2.45) is 11.3 Å². The number of likely N-dealkylation sites (tertiary alicyclic amines) is 1. The topological polar surface area (TPSA) is 204 Å². The number of nitrogens with two attached hydrogens (primary N) is 1. The Kier molecular flexibility index (Phi) is 18.8. The molecule has 0 spiro atoms. The number of thiazole rings is 1. The van der Waals surface area contributed by atoms with Crippen LogP contribution < -0.4 is 16.4 Å². The van der Waals surface area contributed by atoms with E-state index in [0.717, 1.165) is 62.8 Å². The third-order valence-corrected chi connectivity index (χ3v) is 12.3. The lowest BCUT2D eigenvalue weighted by Gasteiger charge is -2.39. The van der Waals surface area contributed by atoms with Crippen LogP contribution in [0.3, 0.4) is 0 Å². The number of rotatable bonds is 23. The van der Waals surface area contributed by atoms with E-state index in [0.29, 0.717) is 29.1 Å². The molecular formula is C44H68N6O8S. The number of unbranched alkanes of at least 4 members (excludes halogenated alkanes) is 3. The number of aliphatic carboxylic acids is 1. The fourth-order valence-corrected chi connectivity index (χ4v) is 8.37. The number of carbonyl (C=O) groups is 5. The summed E-state index contributed by atoms with van der Waals surface area (Å²) in [6, 6.07) is 2.34.